The smallest absolute Gasteiger partial charge is 0.283 e. The lowest BCUT2D eigenvalue weighted by Gasteiger charge is -2.27. The minimum Gasteiger partial charge on any atom is -0.502 e. The summed E-state index contributed by atoms with van der Waals surface area (Å²) in [6.07, 6.45) is 1.27. The van der Waals surface area contributed by atoms with E-state index in [4.69, 9.17) is 13.9 Å². The van der Waals surface area contributed by atoms with Crippen molar-refractivity contribution in [3.63, 3.8) is 0 Å². The number of rotatable bonds is 8. The van der Waals surface area contributed by atoms with Crippen LogP contribution in [0.3, 0.4) is 0 Å². The number of phenolic OH excluding ortho intramolecular Hbond substituents is 1. The zero-order valence-corrected chi connectivity index (χ0v) is 19.3. The van der Waals surface area contributed by atoms with Crippen LogP contribution in [-0.2, 0) is 17.3 Å². The Kier molecular flexibility index (Phi) is 6.51. The number of amides is 1. The van der Waals surface area contributed by atoms with E-state index in [1.54, 1.807) is 12.1 Å². The van der Waals surface area contributed by atoms with Gasteiger partial charge in [0, 0.05) is 5.56 Å². The Morgan fingerprint density at radius 2 is 1.83 bits per heavy atom. The number of allylic oxidation sites excluding steroid dienone is 1. The molecule has 1 aliphatic rings. The van der Waals surface area contributed by atoms with E-state index in [9.17, 15) is 14.3 Å². The van der Waals surface area contributed by atoms with Gasteiger partial charge in [0.05, 0.1) is 39.4 Å². The fraction of sp³-hybridized carbons (Fsp3) is 0.269. The number of methoxy groups -OCH3 is 2. The molecule has 1 unspecified atom stereocenters. The fourth-order valence-electron chi connectivity index (χ4n) is 4.44. The number of carbonyl (C=O) groups is 1. The van der Waals surface area contributed by atoms with Gasteiger partial charge in [-0.2, -0.15) is 0 Å². The zero-order valence-electron chi connectivity index (χ0n) is 19.3. The Hall–Kier alpha value is -3.88. The number of aromatic hydroxyl groups is 1. The average Bonchev–Trinajstić information content (AvgIpc) is 3.44. The Bertz CT molecular complexity index is 1260. The number of fused-ring (bicyclic) bond motifs is 1. The van der Waals surface area contributed by atoms with E-state index < -0.39 is 34.9 Å². The number of halogens is 3. The van der Waals surface area contributed by atoms with Gasteiger partial charge in [0.2, 0.25) is 11.7 Å². The number of phenols is 1. The molecule has 1 aromatic heterocycles. The van der Waals surface area contributed by atoms with Crippen molar-refractivity contribution in [2.24, 2.45) is 0 Å². The van der Waals surface area contributed by atoms with Gasteiger partial charge >= 0.3 is 0 Å². The highest BCUT2D eigenvalue weighted by Crippen LogP contribution is 2.55. The molecule has 9 heteroatoms. The van der Waals surface area contributed by atoms with Crippen LogP contribution >= 0.6 is 0 Å². The molecule has 0 saturated heterocycles. The van der Waals surface area contributed by atoms with Crippen LogP contribution in [0.1, 0.15) is 41.7 Å². The summed E-state index contributed by atoms with van der Waals surface area (Å²) in [5.41, 5.74) is 0.590. The van der Waals surface area contributed by atoms with Crippen molar-refractivity contribution in [2.45, 2.75) is 31.7 Å². The van der Waals surface area contributed by atoms with Crippen LogP contribution in [-0.4, -0.2) is 25.2 Å². The lowest BCUT2D eigenvalue weighted by Crippen LogP contribution is -2.24. The molecular formula is C26H24F3NO5. The van der Waals surface area contributed by atoms with Crippen molar-refractivity contribution in [1.82, 2.24) is 5.32 Å². The van der Waals surface area contributed by atoms with Gasteiger partial charge in [-0.05, 0) is 60.0 Å². The second-order valence-corrected chi connectivity index (χ2v) is 8.21. The molecule has 3 aromatic rings. The fourth-order valence-corrected chi connectivity index (χ4v) is 4.44. The van der Waals surface area contributed by atoms with Crippen LogP contribution in [0.25, 0.3) is 5.57 Å². The molecule has 6 nitrogen and oxygen atoms in total. The predicted molar refractivity (Wildman–Crippen MR) is 122 cm³/mol. The van der Waals surface area contributed by atoms with Crippen LogP contribution in [0.15, 0.2) is 58.7 Å². The molecule has 0 saturated carbocycles. The Morgan fingerprint density at radius 1 is 1.14 bits per heavy atom. The summed E-state index contributed by atoms with van der Waals surface area (Å²) in [6, 6.07) is 9.07. The van der Waals surface area contributed by atoms with Crippen molar-refractivity contribution in [2.75, 3.05) is 14.2 Å². The normalized spacial score (nSPS) is 15.2. The number of hydrogen-bond donors (Lipinski definition) is 2. The van der Waals surface area contributed by atoms with E-state index in [2.05, 4.69) is 5.32 Å². The van der Waals surface area contributed by atoms with Gasteiger partial charge in [0.1, 0.15) is 11.6 Å². The first kappa shape index (κ1) is 24.3. The minimum atomic E-state index is -3.50. The van der Waals surface area contributed by atoms with Crippen molar-refractivity contribution in [3.05, 3.63) is 82.6 Å². The standard InChI is InChI=1S/C26H24F3NO5/c1-14-19(12-23(31)30-13-17-5-4-8-35-17)20-11-16(27)6-7-18(20)24(14)26(28,29)15-9-21(33-2)25(32)22(10-15)34-3/h4-11,24,32H,12-13H2,1-3H3,(H,30,31). The van der Waals surface area contributed by atoms with Crippen LogP contribution in [0.2, 0.25) is 0 Å². The molecule has 0 bridgehead atoms. The third kappa shape index (κ3) is 4.45. The maximum atomic E-state index is 16.1. The molecule has 2 N–H and O–H groups in total. The molecule has 2 aromatic carbocycles. The summed E-state index contributed by atoms with van der Waals surface area (Å²) in [7, 11) is 2.49. The van der Waals surface area contributed by atoms with Gasteiger partial charge in [0.25, 0.3) is 5.92 Å². The SMILES string of the molecule is COc1cc(C(F)(F)C2C(C)=C(CC(=O)NCc3ccco3)c3cc(F)ccc32)cc(OC)c1O. The first-order chi connectivity index (χ1) is 16.7. The Labute approximate surface area is 200 Å². The highest BCUT2D eigenvalue weighted by molar-refractivity contribution is 5.92. The summed E-state index contributed by atoms with van der Waals surface area (Å²) in [6.45, 7) is 1.65. The molecule has 0 spiro atoms. The number of hydrogen-bond acceptors (Lipinski definition) is 5. The van der Waals surface area contributed by atoms with E-state index in [-0.39, 0.29) is 41.2 Å². The third-order valence-electron chi connectivity index (χ3n) is 6.16. The second kappa shape index (κ2) is 9.40. The molecule has 0 radical (unpaired) electrons. The van der Waals surface area contributed by atoms with Gasteiger partial charge in [-0.15, -0.1) is 0 Å². The van der Waals surface area contributed by atoms with E-state index in [1.807, 2.05) is 0 Å². The summed E-state index contributed by atoms with van der Waals surface area (Å²) < 4.78 is 61.5. The first-order valence-corrected chi connectivity index (χ1v) is 10.8. The van der Waals surface area contributed by atoms with Crippen molar-refractivity contribution in [1.29, 1.82) is 0 Å². The lowest BCUT2D eigenvalue weighted by molar-refractivity contribution is -0.120. The summed E-state index contributed by atoms with van der Waals surface area (Å²) in [5.74, 6) is -6.18. The van der Waals surface area contributed by atoms with E-state index in [1.165, 1.54) is 39.5 Å². The Balaban J connectivity index is 1.73. The lowest BCUT2D eigenvalue weighted by atomic mass is 9.85. The molecule has 1 aliphatic carbocycles. The van der Waals surface area contributed by atoms with Gasteiger partial charge in [0.15, 0.2) is 11.5 Å². The quantitative estimate of drug-likeness (QED) is 0.438. The van der Waals surface area contributed by atoms with Gasteiger partial charge in [-0.1, -0.05) is 11.6 Å². The predicted octanol–water partition coefficient (Wildman–Crippen LogP) is 5.51. The number of benzene rings is 2. The monoisotopic (exact) mass is 487 g/mol. The molecule has 4 rings (SSSR count). The highest BCUT2D eigenvalue weighted by atomic mass is 19.3. The van der Waals surface area contributed by atoms with Crippen LogP contribution in [0.5, 0.6) is 17.2 Å². The van der Waals surface area contributed by atoms with Gasteiger partial charge in [-0.3, -0.25) is 4.79 Å². The van der Waals surface area contributed by atoms with Crippen LogP contribution in [0.4, 0.5) is 13.2 Å². The van der Waals surface area contributed by atoms with Gasteiger partial charge in [-0.25, -0.2) is 13.2 Å². The molecule has 1 atom stereocenters. The van der Waals surface area contributed by atoms with Crippen molar-refractivity contribution in [3.8, 4) is 17.2 Å². The topological polar surface area (TPSA) is 80.9 Å². The molecule has 1 heterocycles. The largest absolute Gasteiger partial charge is 0.502 e. The minimum absolute atomic E-state index is 0.140. The average molecular weight is 487 g/mol. The second-order valence-electron chi connectivity index (χ2n) is 8.21. The number of nitrogens with one attached hydrogen (secondary N) is 1. The number of furan rings is 1. The summed E-state index contributed by atoms with van der Waals surface area (Å²) >= 11 is 0. The number of carbonyl (C=O) groups excluding carboxylic acids is 1. The van der Waals surface area contributed by atoms with Crippen LogP contribution in [0, 0.1) is 5.82 Å². The van der Waals surface area contributed by atoms with E-state index >= 15 is 8.78 Å². The molecule has 0 fully saturated rings. The third-order valence-corrected chi connectivity index (χ3v) is 6.16. The Morgan fingerprint density at radius 3 is 2.43 bits per heavy atom. The first-order valence-electron chi connectivity index (χ1n) is 10.8. The molecule has 35 heavy (non-hydrogen) atoms. The maximum absolute atomic E-state index is 16.1. The highest BCUT2D eigenvalue weighted by Gasteiger charge is 2.48. The van der Waals surface area contributed by atoms with E-state index in [0.717, 1.165) is 18.2 Å². The number of alkyl halides is 2. The van der Waals surface area contributed by atoms with Gasteiger partial charge < -0.3 is 24.3 Å². The molecule has 184 valence electrons. The zero-order chi connectivity index (χ0) is 25.3. The van der Waals surface area contributed by atoms with E-state index in [0.29, 0.717) is 11.3 Å². The van der Waals surface area contributed by atoms with Crippen LogP contribution < -0.4 is 14.8 Å². The summed E-state index contributed by atoms with van der Waals surface area (Å²) in [4.78, 5) is 12.6. The maximum Gasteiger partial charge on any atom is 0.283 e. The number of ether oxygens (including phenoxy) is 2. The molecular weight excluding hydrogens is 463 g/mol. The van der Waals surface area contributed by atoms with Crippen molar-refractivity contribution < 1.29 is 37.0 Å². The molecule has 0 aliphatic heterocycles. The summed E-state index contributed by atoms with van der Waals surface area (Å²) in [5, 5.41) is 12.8. The molecule has 1 amide bonds. The van der Waals surface area contributed by atoms with Crippen molar-refractivity contribution >= 4 is 11.5 Å².